The fraction of sp³-hybridized carbons (Fsp3) is 0.625. The van der Waals surface area contributed by atoms with Crippen molar-refractivity contribution in [3.05, 3.63) is 29.8 Å². The van der Waals surface area contributed by atoms with Gasteiger partial charge in [0.05, 0.1) is 0 Å². The van der Waals surface area contributed by atoms with Crippen LogP contribution in [0.3, 0.4) is 0 Å². The van der Waals surface area contributed by atoms with E-state index in [9.17, 15) is 5.11 Å². The molecule has 0 spiro atoms. The minimum absolute atomic E-state index is 0.351. The largest absolute Gasteiger partial charge is 0.508 e. The summed E-state index contributed by atoms with van der Waals surface area (Å²) in [5.41, 5.74) is 1.31. The monoisotopic (exact) mass is 262 g/mol. The molecule has 1 fully saturated rings. The number of benzene rings is 1. The van der Waals surface area contributed by atoms with Crippen LogP contribution in [0.15, 0.2) is 24.3 Å². The van der Waals surface area contributed by atoms with E-state index in [1.54, 1.807) is 12.1 Å². The maximum absolute atomic E-state index is 9.29. The smallest absolute Gasteiger partial charge is 0.115 e. The number of rotatable bonds is 6. The van der Waals surface area contributed by atoms with Crippen LogP contribution < -0.4 is 5.32 Å². The molecule has 0 bridgehead atoms. The van der Waals surface area contributed by atoms with Crippen molar-refractivity contribution in [2.45, 2.75) is 45.2 Å². The zero-order chi connectivity index (χ0) is 13.7. The summed E-state index contributed by atoms with van der Waals surface area (Å²) < 4.78 is 0. The first kappa shape index (κ1) is 14.4. The molecule has 1 saturated heterocycles. The normalized spacial score (nSPS) is 20.9. The SMILES string of the molecule is CCN(C(C)CCc1ccc(O)cc1)C1CCNC1. The maximum Gasteiger partial charge on any atom is 0.115 e. The van der Waals surface area contributed by atoms with E-state index >= 15 is 0 Å². The van der Waals surface area contributed by atoms with Crippen molar-refractivity contribution < 1.29 is 5.11 Å². The summed E-state index contributed by atoms with van der Waals surface area (Å²) in [6, 6.07) is 8.92. The number of hydrogen-bond acceptors (Lipinski definition) is 3. The van der Waals surface area contributed by atoms with E-state index in [1.807, 2.05) is 12.1 Å². The molecule has 0 aromatic heterocycles. The summed E-state index contributed by atoms with van der Waals surface area (Å²) >= 11 is 0. The number of likely N-dealkylation sites (N-methyl/N-ethyl adjacent to an activating group) is 1. The predicted octanol–water partition coefficient (Wildman–Crippen LogP) is 2.40. The third-order valence-corrected chi connectivity index (χ3v) is 4.22. The Hall–Kier alpha value is -1.06. The molecule has 2 rings (SSSR count). The lowest BCUT2D eigenvalue weighted by molar-refractivity contribution is 0.155. The first-order valence-corrected chi connectivity index (χ1v) is 7.45. The average molecular weight is 262 g/mol. The molecule has 3 heteroatoms. The molecule has 1 aliphatic rings. The molecule has 0 aliphatic carbocycles. The summed E-state index contributed by atoms with van der Waals surface area (Å²) in [5, 5.41) is 12.7. The van der Waals surface area contributed by atoms with Crippen molar-refractivity contribution in [2.24, 2.45) is 0 Å². The zero-order valence-corrected chi connectivity index (χ0v) is 12.1. The highest BCUT2D eigenvalue weighted by molar-refractivity contribution is 5.25. The van der Waals surface area contributed by atoms with Gasteiger partial charge < -0.3 is 10.4 Å². The van der Waals surface area contributed by atoms with Gasteiger partial charge in [-0.2, -0.15) is 0 Å². The summed E-state index contributed by atoms with van der Waals surface area (Å²) in [6.45, 7) is 8.02. The molecule has 19 heavy (non-hydrogen) atoms. The summed E-state index contributed by atoms with van der Waals surface area (Å²) in [7, 11) is 0. The van der Waals surface area contributed by atoms with Gasteiger partial charge in [0.2, 0.25) is 0 Å². The lowest BCUT2D eigenvalue weighted by Gasteiger charge is -2.33. The highest BCUT2D eigenvalue weighted by atomic mass is 16.3. The molecule has 2 atom stereocenters. The molecule has 106 valence electrons. The lowest BCUT2D eigenvalue weighted by atomic mass is 10.0. The molecule has 1 aromatic carbocycles. The van der Waals surface area contributed by atoms with Gasteiger partial charge in [-0.25, -0.2) is 0 Å². The standard InChI is InChI=1S/C16H26N2O/c1-3-18(15-10-11-17-12-15)13(2)4-5-14-6-8-16(19)9-7-14/h6-9,13,15,17,19H,3-5,10-12H2,1-2H3. The highest BCUT2D eigenvalue weighted by Gasteiger charge is 2.24. The second-order valence-electron chi connectivity index (χ2n) is 5.53. The van der Waals surface area contributed by atoms with Crippen LogP contribution in [0.4, 0.5) is 0 Å². The van der Waals surface area contributed by atoms with Crippen molar-refractivity contribution in [2.75, 3.05) is 19.6 Å². The molecule has 0 radical (unpaired) electrons. The third kappa shape index (κ3) is 3.95. The number of aryl methyl sites for hydroxylation is 1. The van der Waals surface area contributed by atoms with Crippen LogP contribution in [0.5, 0.6) is 5.75 Å². The highest BCUT2D eigenvalue weighted by Crippen LogP contribution is 2.17. The molecule has 0 saturated carbocycles. The van der Waals surface area contributed by atoms with Crippen LogP contribution in [0.2, 0.25) is 0 Å². The van der Waals surface area contributed by atoms with E-state index in [0.717, 1.165) is 26.1 Å². The second-order valence-corrected chi connectivity index (χ2v) is 5.53. The lowest BCUT2D eigenvalue weighted by Crippen LogP contribution is -2.43. The maximum atomic E-state index is 9.29. The molecule has 2 N–H and O–H groups in total. The van der Waals surface area contributed by atoms with E-state index in [0.29, 0.717) is 17.8 Å². The Kier molecular flexibility index (Phi) is 5.23. The van der Waals surface area contributed by atoms with Crippen molar-refractivity contribution in [3.63, 3.8) is 0 Å². The number of phenols is 1. The van der Waals surface area contributed by atoms with Crippen LogP contribution in [-0.2, 0) is 6.42 Å². The number of hydrogen-bond donors (Lipinski definition) is 2. The van der Waals surface area contributed by atoms with Crippen LogP contribution >= 0.6 is 0 Å². The van der Waals surface area contributed by atoms with Gasteiger partial charge in [-0.3, -0.25) is 4.90 Å². The van der Waals surface area contributed by atoms with E-state index < -0.39 is 0 Å². The molecule has 1 aliphatic heterocycles. The molecular formula is C16H26N2O. The van der Waals surface area contributed by atoms with E-state index in [4.69, 9.17) is 0 Å². The predicted molar refractivity (Wildman–Crippen MR) is 79.5 cm³/mol. The number of aromatic hydroxyl groups is 1. The minimum Gasteiger partial charge on any atom is -0.508 e. The fourth-order valence-electron chi connectivity index (χ4n) is 3.06. The molecular weight excluding hydrogens is 236 g/mol. The average Bonchev–Trinajstić information content (AvgIpc) is 2.93. The zero-order valence-electron chi connectivity index (χ0n) is 12.1. The van der Waals surface area contributed by atoms with Crippen LogP contribution in [0.25, 0.3) is 0 Å². The molecule has 1 heterocycles. The Morgan fingerprint density at radius 2 is 2.11 bits per heavy atom. The Balaban J connectivity index is 1.85. The van der Waals surface area contributed by atoms with Gasteiger partial charge in [-0.15, -0.1) is 0 Å². The van der Waals surface area contributed by atoms with Gasteiger partial charge in [-0.05, 0) is 57.0 Å². The fourth-order valence-corrected chi connectivity index (χ4v) is 3.06. The van der Waals surface area contributed by atoms with E-state index in [2.05, 4.69) is 24.1 Å². The Morgan fingerprint density at radius 3 is 2.68 bits per heavy atom. The summed E-state index contributed by atoms with van der Waals surface area (Å²) in [6.07, 6.45) is 3.53. The first-order chi connectivity index (χ1) is 9.20. The quantitative estimate of drug-likeness (QED) is 0.826. The van der Waals surface area contributed by atoms with Gasteiger partial charge in [0.1, 0.15) is 5.75 Å². The number of nitrogens with one attached hydrogen (secondary N) is 1. The van der Waals surface area contributed by atoms with Gasteiger partial charge >= 0.3 is 0 Å². The Morgan fingerprint density at radius 1 is 1.37 bits per heavy atom. The Bertz CT molecular complexity index is 371. The number of phenolic OH excluding ortho intramolecular Hbond substituents is 1. The van der Waals surface area contributed by atoms with Crippen molar-refractivity contribution in [3.8, 4) is 5.75 Å². The second kappa shape index (κ2) is 6.92. The first-order valence-electron chi connectivity index (χ1n) is 7.45. The van der Waals surface area contributed by atoms with Gasteiger partial charge in [0, 0.05) is 18.6 Å². The van der Waals surface area contributed by atoms with Gasteiger partial charge in [-0.1, -0.05) is 19.1 Å². The van der Waals surface area contributed by atoms with Gasteiger partial charge in [0.15, 0.2) is 0 Å². The van der Waals surface area contributed by atoms with Crippen molar-refractivity contribution in [1.29, 1.82) is 0 Å². The van der Waals surface area contributed by atoms with Gasteiger partial charge in [0.25, 0.3) is 0 Å². The summed E-state index contributed by atoms with van der Waals surface area (Å²) in [5.74, 6) is 0.351. The minimum atomic E-state index is 0.351. The van der Waals surface area contributed by atoms with E-state index in [1.165, 1.54) is 18.4 Å². The third-order valence-electron chi connectivity index (χ3n) is 4.22. The van der Waals surface area contributed by atoms with E-state index in [-0.39, 0.29) is 0 Å². The molecule has 2 unspecified atom stereocenters. The van der Waals surface area contributed by atoms with Crippen LogP contribution in [0.1, 0.15) is 32.3 Å². The number of nitrogens with zero attached hydrogens (tertiary/aromatic N) is 1. The van der Waals surface area contributed by atoms with Crippen molar-refractivity contribution in [1.82, 2.24) is 10.2 Å². The van der Waals surface area contributed by atoms with Crippen LogP contribution in [-0.4, -0.2) is 41.7 Å². The molecule has 0 amide bonds. The van der Waals surface area contributed by atoms with Crippen molar-refractivity contribution >= 4 is 0 Å². The molecule has 1 aromatic rings. The summed E-state index contributed by atoms with van der Waals surface area (Å²) in [4.78, 5) is 2.63. The Labute approximate surface area is 116 Å². The molecule has 3 nitrogen and oxygen atoms in total. The topological polar surface area (TPSA) is 35.5 Å². The van der Waals surface area contributed by atoms with Crippen LogP contribution in [0, 0.1) is 0 Å².